The van der Waals surface area contributed by atoms with Crippen LogP contribution in [0.3, 0.4) is 0 Å². The van der Waals surface area contributed by atoms with E-state index in [9.17, 15) is 22.8 Å². The number of aromatic nitrogens is 3. The molecule has 0 atom stereocenters. The van der Waals surface area contributed by atoms with Gasteiger partial charge in [-0.3, -0.25) is 9.59 Å². The van der Waals surface area contributed by atoms with Crippen molar-refractivity contribution in [3.63, 3.8) is 0 Å². The Balaban J connectivity index is 0.000000209. The minimum absolute atomic E-state index is 0.0151. The molecule has 1 N–H and O–H groups in total. The summed E-state index contributed by atoms with van der Waals surface area (Å²) in [5.41, 5.74) is 3.95. The summed E-state index contributed by atoms with van der Waals surface area (Å²) in [6.07, 6.45) is 3.67. The fourth-order valence-corrected chi connectivity index (χ4v) is 9.57. The number of halogens is 5. The minimum atomic E-state index is -0.706. The van der Waals surface area contributed by atoms with Gasteiger partial charge in [0, 0.05) is 105 Å². The van der Waals surface area contributed by atoms with Crippen LogP contribution in [0.2, 0.25) is 0 Å². The predicted octanol–water partition coefficient (Wildman–Crippen LogP) is 7.33. The van der Waals surface area contributed by atoms with Crippen LogP contribution in [-0.2, 0) is 19.1 Å². The third-order valence-corrected chi connectivity index (χ3v) is 13.4. The first kappa shape index (κ1) is 47.0. The third kappa shape index (κ3) is 9.93. The van der Waals surface area contributed by atoms with Gasteiger partial charge in [0.25, 0.3) is 0 Å². The largest absolute Gasteiger partial charge is 0.378 e. The van der Waals surface area contributed by atoms with E-state index in [0.717, 1.165) is 61.7 Å². The van der Waals surface area contributed by atoms with Gasteiger partial charge >= 0.3 is 0 Å². The van der Waals surface area contributed by atoms with Crippen molar-refractivity contribution in [3.8, 4) is 0 Å². The molecule has 5 aromatic rings. The second kappa shape index (κ2) is 20.5. The lowest BCUT2D eigenvalue weighted by molar-refractivity contribution is -0.131. The van der Waals surface area contributed by atoms with E-state index in [1.165, 1.54) is 12.1 Å². The fourth-order valence-electron chi connectivity index (χ4n) is 9.00. The molecule has 2 amide bonds. The molecule has 0 bridgehead atoms. The molecule has 0 unspecified atom stereocenters. The summed E-state index contributed by atoms with van der Waals surface area (Å²) in [6.45, 7) is 17.3. The Kier molecular flexibility index (Phi) is 14.6. The Bertz CT molecular complexity index is 2610. The Hall–Kier alpha value is -5.53. The summed E-state index contributed by atoms with van der Waals surface area (Å²) in [6, 6.07) is 6.21. The molecule has 3 aromatic heterocycles. The van der Waals surface area contributed by atoms with Crippen molar-refractivity contribution in [3.05, 3.63) is 75.4 Å². The maximum Gasteiger partial charge on any atom is 0.242 e. The lowest BCUT2D eigenvalue weighted by Crippen LogP contribution is -2.51. The van der Waals surface area contributed by atoms with E-state index in [1.54, 1.807) is 0 Å². The van der Waals surface area contributed by atoms with E-state index in [-0.39, 0.29) is 46.7 Å². The van der Waals surface area contributed by atoms with Crippen molar-refractivity contribution in [2.24, 2.45) is 0 Å². The zero-order valence-electron chi connectivity index (χ0n) is 37.7. The first-order valence-electron chi connectivity index (χ1n) is 22.6. The maximum atomic E-state index is 15.5. The molecule has 4 saturated heterocycles. The van der Waals surface area contributed by atoms with Crippen molar-refractivity contribution in [1.82, 2.24) is 24.8 Å². The van der Waals surface area contributed by atoms with Gasteiger partial charge in [0.2, 0.25) is 11.8 Å². The highest BCUT2D eigenvalue weighted by Crippen LogP contribution is 2.40. The number of hydrogen-bond acceptors (Lipinski definition) is 12. The number of hydrogen-bond donors (Lipinski definition) is 1. The van der Waals surface area contributed by atoms with E-state index >= 15 is 4.39 Å². The van der Waals surface area contributed by atoms with Crippen molar-refractivity contribution >= 4 is 84.1 Å². The van der Waals surface area contributed by atoms with Crippen molar-refractivity contribution < 1.29 is 36.6 Å². The Labute approximate surface area is 389 Å². The van der Waals surface area contributed by atoms with E-state index < -0.39 is 23.3 Å². The molecule has 66 heavy (non-hydrogen) atoms. The molecule has 0 radical (unpaired) electrons. The zero-order valence-corrected chi connectivity index (χ0v) is 39.3. The number of benzene rings is 2. The molecule has 14 nitrogen and oxygen atoms in total. The van der Waals surface area contributed by atoms with Crippen LogP contribution in [0.5, 0.6) is 0 Å². The number of ether oxygens (including phenoxy) is 2. The quantitative estimate of drug-likeness (QED) is 0.141. The number of rotatable bonds is 10. The summed E-state index contributed by atoms with van der Waals surface area (Å²) in [5.74, 6) is -0.820. The van der Waals surface area contributed by atoms with Crippen LogP contribution in [0.4, 0.5) is 52.1 Å². The highest BCUT2D eigenvalue weighted by molar-refractivity contribution is 9.10. The van der Waals surface area contributed by atoms with Gasteiger partial charge in [0.05, 0.1) is 84.6 Å². The molecule has 19 heteroatoms. The standard InChI is InChI=1S/C30H37F2N7O3.C17H18BrF2N3O/c1-3-4-37-5-6-39(19-26(37)40)29-20(2)28(27-23(32)15-21(31)16-24(27)35-29)34-25-17-22(36-7-11-41-12-8-36)18-33-30(25)38-9-13-42-14-10-38;1-3-4-22-5-6-23(9-14(22)24)17-10(2)16(18)15-12(20)7-11(19)8-13(15)21-17/h15-18H,3-14,19H2,1-2H3,(H,34,35);7-8H,3-6,9H2,1-2H3. The number of carbonyl (C=O) groups is 2. The summed E-state index contributed by atoms with van der Waals surface area (Å²) in [7, 11) is 0. The number of piperazine rings is 2. The number of nitrogens with one attached hydrogen (secondary N) is 1. The smallest absolute Gasteiger partial charge is 0.242 e. The first-order chi connectivity index (χ1) is 31.8. The second-order valence-corrected chi connectivity index (χ2v) is 17.7. The van der Waals surface area contributed by atoms with Crippen LogP contribution < -0.4 is 24.9 Å². The molecule has 9 rings (SSSR count). The average molecular weight is 980 g/mol. The number of nitrogens with zero attached hydrogens (tertiary/aromatic N) is 9. The third-order valence-electron chi connectivity index (χ3n) is 12.4. The normalized spacial score (nSPS) is 17.2. The lowest BCUT2D eigenvalue weighted by Gasteiger charge is -2.36. The molecule has 0 saturated carbocycles. The summed E-state index contributed by atoms with van der Waals surface area (Å²) in [4.78, 5) is 51.0. The van der Waals surface area contributed by atoms with Crippen LogP contribution >= 0.6 is 15.9 Å². The highest BCUT2D eigenvalue weighted by atomic mass is 79.9. The fraction of sp³-hybridized carbons (Fsp3) is 0.468. The molecule has 4 aliphatic rings. The average Bonchev–Trinajstić information content (AvgIpc) is 3.30. The highest BCUT2D eigenvalue weighted by Gasteiger charge is 2.30. The molecular weight excluding hydrogens is 924 g/mol. The topological polar surface area (TPSA) is 123 Å². The number of anilines is 6. The van der Waals surface area contributed by atoms with Crippen molar-refractivity contribution in [2.75, 3.05) is 130 Å². The van der Waals surface area contributed by atoms with Gasteiger partial charge in [-0.25, -0.2) is 32.5 Å². The van der Waals surface area contributed by atoms with Gasteiger partial charge in [0.1, 0.15) is 34.9 Å². The first-order valence-corrected chi connectivity index (χ1v) is 23.4. The second-order valence-electron chi connectivity index (χ2n) is 16.9. The van der Waals surface area contributed by atoms with E-state index in [0.29, 0.717) is 105 Å². The monoisotopic (exact) mass is 978 g/mol. The van der Waals surface area contributed by atoms with E-state index in [4.69, 9.17) is 19.4 Å². The van der Waals surface area contributed by atoms with Gasteiger partial charge in [-0.15, -0.1) is 0 Å². The lowest BCUT2D eigenvalue weighted by atomic mass is 10.1. The van der Waals surface area contributed by atoms with Gasteiger partial charge in [0.15, 0.2) is 5.82 Å². The summed E-state index contributed by atoms with van der Waals surface area (Å²) in [5, 5.41) is 3.96. The number of fused-ring (bicyclic) bond motifs is 2. The molecule has 352 valence electrons. The van der Waals surface area contributed by atoms with Crippen LogP contribution in [0.1, 0.15) is 37.8 Å². The van der Waals surface area contributed by atoms with E-state index in [2.05, 4.69) is 36.0 Å². The van der Waals surface area contributed by atoms with Crippen molar-refractivity contribution in [1.29, 1.82) is 0 Å². The molecular formula is C47H55BrF4N10O4. The van der Waals surface area contributed by atoms with Gasteiger partial charge in [-0.05, 0) is 48.7 Å². The number of pyridine rings is 3. The van der Waals surface area contributed by atoms with Gasteiger partial charge in [-0.1, -0.05) is 13.8 Å². The Morgan fingerprint density at radius 2 is 1.12 bits per heavy atom. The van der Waals surface area contributed by atoms with Crippen molar-refractivity contribution in [2.45, 2.75) is 40.5 Å². The predicted molar refractivity (Wildman–Crippen MR) is 252 cm³/mol. The Morgan fingerprint density at radius 3 is 1.65 bits per heavy atom. The van der Waals surface area contributed by atoms with Crippen LogP contribution in [0.15, 0.2) is 41.0 Å². The number of carbonyl (C=O) groups excluding carboxylic acids is 2. The molecule has 4 fully saturated rings. The van der Waals surface area contributed by atoms with Gasteiger partial charge in [-0.2, -0.15) is 0 Å². The number of amides is 2. The summed E-state index contributed by atoms with van der Waals surface area (Å²) >= 11 is 3.40. The molecule has 2 aromatic carbocycles. The van der Waals surface area contributed by atoms with Crippen LogP contribution in [0.25, 0.3) is 21.8 Å². The zero-order chi connectivity index (χ0) is 46.6. The maximum absolute atomic E-state index is 15.5. The number of morpholine rings is 2. The molecule has 7 heterocycles. The Morgan fingerprint density at radius 1 is 0.621 bits per heavy atom. The van der Waals surface area contributed by atoms with E-state index in [1.807, 2.05) is 59.6 Å². The minimum Gasteiger partial charge on any atom is -0.378 e. The van der Waals surface area contributed by atoms with Crippen LogP contribution in [-0.4, -0.2) is 142 Å². The molecule has 0 spiro atoms. The summed E-state index contributed by atoms with van der Waals surface area (Å²) < 4.78 is 69.3. The van der Waals surface area contributed by atoms with Gasteiger partial charge < -0.3 is 44.2 Å². The SMILES string of the molecule is CCCN1CCN(c2nc3cc(F)cc(F)c3c(Br)c2C)CC1=O.CCCN1CCN(c2nc3cc(F)cc(F)c3c(Nc3cc(N4CCOCC4)cnc3N3CCOCC3)c2C)CC1=O. The molecule has 0 aliphatic carbocycles. The molecule has 4 aliphatic heterocycles. The van der Waals surface area contributed by atoms with Crippen LogP contribution in [0, 0.1) is 37.1 Å².